The third kappa shape index (κ3) is 10.0. The third-order valence-electron chi connectivity index (χ3n) is 7.83. The molecule has 0 radical (unpaired) electrons. The van der Waals surface area contributed by atoms with Crippen LogP contribution in [0.2, 0.25) is 0 Å². The molecule has 4 aromatic rings. The fourth-order valence-corrected chi connectivity index (χ4v) is 6.93. The lowest BCUT2D eigenvalue weighted by Crippen LogP contribution is -2.30. The summed E-state index contributed by atoms with van der Waals surface area (Å²) in [6.07, 6.45) is 7.49. The molecule has 3 N–H and O–H groups in total. The number of nitrogens with one attached hydrogen (secondary N) is 1. The van der Waals surface area contributed by atoms with Crippen molar-refractivity contribution in [1.29, 1.82) is 0 Å². The number of carbonyl (C=O) groups is 3. The number of hydrogen-bond acceptors (Lipinski definition) is 5. The van der Waals surface area contributed by atoms with Crippen LogP contribution < -0.4 is 5.32 Å². The van der Waals surface area contributed by atoms with Crippen LogP contribution in [0.4, 0.5) is 0 Å². The van der Waals surface area contributed by atoms with E-state index in [1.54, 1.807) is 30.3 Å². The average molecular weight is 646 g/mol. The van der Waals surface area contributed by atoms with Gasteiger partial charge in [-0.05, 0) is 53.9 Å². The highest BCUT2D eigenvalue weighted by atomic mass is 32.2. The van der Waals surface area contributed by atoms with E-state index in [0.29, 0.717) is 6.42 Å². The maximum absolute atomic E-state index is 12.5. The van der Waals surface area contributed by atoms with E-state index in [-0.39, 0.29) is 28.5 Å². The average Bonchev–Trinajstić information content (AvgIpc) is 3.06. The number of sulfone groups is 1. The first-order valence-corrected chi connectivity index (χ1v) is 17.2. The molecule has 0 aliphatic heterocycles. The summed E-state index contributed by atoms with van der Waals surface area (Å²) in [6, 6.07) is 27.7. The molecule has 0 bridgehead atoms. The molecule has 8 nitrogen and oxygen atoms in total. The molecule has 244 valence electrons. The van der Waals surface area contributed by atoms with Crippen LogP contribution in [0.5, 0.6) is 0 Å². The number of unbranched alkanes of at least 4 members (excludes halogenated alkanes) is 6. The Morgan fingerprint density at radius 2 is 1.26 bits per heavy atom. The summed E-state index contributed by atoms with van der Waals surface area (Å²) in [5, 5.41) is 22.2. The van der Waals surface area contributed by atoms with Crippen LogP contribution in [0.15, 0.2) is 102 Å². The minimum absolute atomic E-state index is 0.000111. The summed E-state index contributed by atoms with van der Waals surface area (Å²) in [6.45, 7) is 4.05. The monoisotopic (exact) mass is 645 g/mol. The summed E-state index contributed by atoms with van der Waals surface area (Å²) >= 11 is 0. The van der Waals surface area contributed by atoms with Crippen LogP contribution in [0.3, 0.4) is 0 Å². The molecule has 1 unspecified atom stereocenters. The van der Waals surface area contributed by atoms with E-state index in [4.69, 9.17) is 0 Å². The molecule has 2 atom stereocenters. The minimum Gasteiger partial charge on any atom is -0.480 e. The van der Waals surface area contributed by atoms with Gasteiger partial charge >= 0.3 is 11.9 Å². The topological polar surface area (TPSA) is 138 Å². The van der Waals surface area contributed by atoms with E-state index in [2.05, 4.69) is 12.2 Å². The molecular formula is C37H43NO7S. The van der Waals surface area contributed by atoms with Gasteiger partial charge in [0.25, 0.3) is 5.91 Å². The largest absolute Gasteiger partial charge is 0.480 e. The molecule has 9 heteroatoms. The zero-order valence-electron chi connectivity index (χ0n) is 26.4. The number of aromatic carboxylic acids is 1. The van der Waals surface area contributed by atoms with Crippen LogP contribution in [-0.2, 0) is 14.6 Å². The predicted octanol–water partition coefficient (Wildman–Crippen LogP) is 8.08. The summed E-state index contributed by atoms with van der Waals surface area (Å²) in [7, 11) is -3.80. The number of carboxylic acids is 2. The van der Waals surface area contributed by atoms with Crippen molar-refractivity contribution in [3.63, 3.8) is 0 Å². The van der Waals surface area contributed by atoms with E-state index < -0.39 is 32.9 Å². The Balaban J connectivity index is 0.000000252. The van der Waals surface area contributed by atoms with E-state index >= 15 is 0 Å². The van der Waals surface area contributed by atoms with Crippen molar-refractivity contribution in [3.05, 3.63) is 114 Å². The van der Waals surface area contributed by atoms with Crippen molar-refractivity contribution < 1.29 is 33.0 Å². The van der Waals surface area contributed by atoms with Gasteiger partial charge in [0, 0.05) is 0 Å². The molecule has 46 heavy (non-hydrogen) atoms. The molecule has 4 rings (SSSR count). The number of carboxylic acid groups (broad SMARTS) is 2. The standard InChI is InChI=1S/C20H17NO3.C17H26O4S/c1-13(15-12-6-8-14-7-2-3-9-16(14)15)21-19(22)17-10-4-5-11-18(17)20(23)24;1-2-3-4-5-6-7-11-14-16(17(18)19)22(20,21)15-12-9-8-10-13-15/h2-13H,1H3,(H,21,22)(H,23,24);8-10,12-13,16H,2-7,11,14H2,1H3,(H,18,19)/t13-;/m0./s1. The summed E-state index contributed by atoms with van der Waals surface area (Å²) in [5.41, 5.74) is 1.16. The maximum Gasteiger partial charge on any atom is 0.336 e. The molecule has 4 aromatic carbocycles. The maximum atomic E-state index is 12.5. The van der Waals surface area contributed by atoms with E-state index in [1.165, 1.54) is 43.5 Å². The molecule has 0 saturated heterocycles. The number of amides is 1. The van der Waals surface area contributed by atoms with E-state index in [1.807, 2.05) is 49.4 Å². The number of fused-ring (bicyclic) bond motifs is 1. The predicted molar refractivity (Wildman–Crippen MR) is 181 cm³/mol. The highest BCUT2D eigenvalue weighted by molar-refractivity contribution is 7.92. The van der Waals surface area contributed by atoms with Crippen LogP contribution in [-0.4, -0.2) is 41.7 Å². The molecular weight excluding hydrogens is 602 g/mol. The highest BCUT2D eigenvalue weighted by Crippen LogP contribution is 2.25. The number of benzene rings is 4. The van der Waals surface area contributed by atoms with Crippen molar-refractivity contribution in [2.45, 2.75) is 81.4 Å². The fourth-order valence-electron chi connectivity index (χ4n) is 5.32. The SMILES string of the molecule is CCCCCCCCCC(C(=O)O)S(=O)(=O)c1ccccc1.C[C@H](NC(=O)c1ccccc1C(=O)O)c1cccc2ccccc12. The molecule has 0 spiro atoms. The first kappa shape index (κ1) is 36.0. The molecule has 0 heterocycles. The molecule has 0 saturated carbocycles. The lowest BCUT2D eigenvalue weighted by molar-refractivity contribution is -0.136. The second-order valence-electron chi connectivity index (χ2n) is 11.2. The van der Waals surface area contributed by atoms with Gasteiger partial charge in [0.2, 0.25) is 0 Å². The van der Waals surface area contributed by atoms with Crippen LogP contribution in [0.25, 0.3) is 10.8 Å². The molecule has 1 amide bonds. The normalized spacial score (nSPS) is 12.4. The van der Waals surface area contributed by atoms with Crippen molar-refractivity contribution >= 4 is 38.5 Å². The van der Waals surface area contributed by atoms with E-state index in [0.717, 1.165) is 35.6 Å². The number of rotatable bonds is 15. The molecule has 0 fully saturated rings. The van der Waals surface area contributed by atoms with Gasteiger partial charge in [0.15, 0.2) is 15.1 Å². The third-order valence-corrected chi connectivity index (χ3v) is 9.95. The lowest BCUT2D eigenvalue weighted by atomic mass is 9.99. The Morgan fingerprint density at radius 1 is 0.696 bits per heavy atom. The van der Waals surface area contributed by atoms with Crippen LogP contribution in [0.1, 0.15) is 97.5 Å². The minimum atomic E-state index is -3.80. The smallest absolute Gasteiger partial charge is 0.336 e. The zero-order valence-corrected chi connectivity index (χ0v) is 27.2. The Morgan fingerprint density at radius 3 is 1.91 bits per heavy atom. The highest BCUT2D eigenvalue weighted by Gasteiger charge is 2.33. The molecule has 0 aromatic heterocycles. The zero-order chi connectivity index (χ0) is 33.5. The number of hydrogen-bond donors (Lipinski definition) is 3. The van der Waals surface area contributed by atoms with E-state index in [9.17, 15) is 33.0 Å². The Kier molecular flexibility index (Phi) is 14.0. The molecule has 0 aliphatic carbocycles. The Hall–Kier alpha value is -4.50. The second kappa shape index (κ2) is 17.8. The Labute approximate surface area is 271 Å². The van der Waals surface area contributed by atoms with Crippen LogP contribution in [0, 0.1) is 0 Å². The van der Waals surface area contributed by atoms with Crippen molar-refractivity contribution in [1.82, 2.24) is 5.32 Å². The molecule has 0 aliphatic rings. The van der Waals surface area contributed by atoms with Gasteiger partial charge in [-0.1, -0.05) is 125 Å². The van der Waals surface area contributed by atoms with Gasteiger partial charge in [-0.25, -0.2) is 13.2 Å². The quantitative estimate of drug-likeness (QED) is 0.111. The van der Waals surface area contributed by atoms with Gasteiger partial charge < -0.3 is 15.5 Å². The summed E-state index contributed by atoms with van der Waals surface area (Å²) in [5.74, 6) is -2.76. The van der Waals surface area contributed by atoms with Crippen molar-refractivity contribution in [2.75, 3.05) is 0 Å². The first-order valence-electron chi connectivity index (χ1n) is 15.7. The van der Waals surface area contributed by atoms with Gasteiger partial charge in [0.05, 0.1) is 22.1 Å². The lowest BCUT2D eigenvalue weighted by Gasteiger charge is -2.17. The number of carbonyl (C=O) groups excluding carboxylic acids is 1. The van der Waals surface area contributed by atoms with Gasteiger partial charge in [0.1, 0.15) is 0 Å². The van der Waals surface area contributed by atoms with Gasteiger partial charge in [-0.15, -0.1) is 0 Å². The summed E-state index contributed by atoms with van der Waals surface area (Å²) in [4.78, 5) is 35.2. The first-order chi connectivity index (χ1) is 22.1. The Bertz CT molecular complexity index is 1700. The van der Waals surface area contributed by atoms with Crippen LogP contribution >= 0.6 is 0 Å². The summed E-state index contributed by atoms with van der Waals surface area (Å²) < 4.78 is 24.8. The number of aliphatic carboxylic acids is 1. The van der Waals surface area contributed by atoms with Gasteiger partial charge in [-0.2, -0.15) is 0 Å². The second-order valence-corrected chi connectivity index (χ2v) is 13.3. The van der Waals surface area contributed by atoms with Gasteiger partial charge in [-0.3, -0.25) is 9.59 Å². The fraction of sp³-hybridized carbons (Fsp3) is 0.324. The van der Waals surface area contributed by atoms with Crippen molar-refractivity contribution in [2.24, 2.45) is 0 Å². The van der Waals surface area contributed by atoms with Crippen molar-refractivity contribution in [3.8, 4) is 0 Å².